The normalized spacial score (nSPS) is 47.8. The van der Waals surface area contributed by atoms with Crippen molar-refractivity contribution in [2.45, 2.75) is 65.2 Å². The fourth-order valence-electron chi connectivity index (χ4n) is 5.83. The van der Waals surface area contributed by atoms with Crippen LogP contribution in [0.15, 0.2) is 0 Å². The van der Waals surface area contributed by atoms with Gasteiger partial charge in [0.15, 0.2) is 0 Å². The zero-order valence-corrected chi connectivity index (χ0v) is 10.5. The summed E-state index contributed by atoms with van der Waals surface area (Å²) in [5, 5.41) is 0. The van der Waals surface area contributed by atoms with E-state index < -0.39 is 0 Å². The second kappa shape index (κ2) is 3.50. The van der Waals surface area contributed by atoms with E-state index in [1.807, 2.05) is 0 Å². The van der Waals surface area contributed by atoms with Gasteiger partial charge in [-0.25, -0.2) is 0 Å². The predicted molar refractivity (Wildman–Crippen MR) is 64.7 cm³/mol. The van der Waals surface area contributed by atoms with E-state index in [4.69, 9.17) is 0 Å². The molecule has 0 amide bonds. The SMILES string of the molecule is CCC(CC)C12CC3CC(CC(C3)C1)C2. The Morgan fingerprint density at radius 3 is 1.60 bits per heavy atom. The molecule has 4 aliphatic carbocycles. The third-order valence-corrected chi connectivity index (χ3v) is 5.94. The average Bonchev–Trinajstić information content (AvgIpc) is 2.16. The van der Waals surface area contributed by atoms with Crippen molar-refractivity contribution in [1.82, 2.24) is 0 Å². The van der Waals surface area contributed by atoms with Gasteiger partial charge in [-0.3, -0.25) is 0 Å². The third kappa shape index (κ3) is 1.47. The lowest BCUT2D eigenvalue weighted by molar-refractivity contribution is -0.0889. The molecule has 86 valence electrons. The maximum Gasteiger partial charge on any atom is -0.0261 e. The van der Waals surface area contributed by atoms with Crippen molar-refractivity contribution < 1.29 is 0 Å². The molecule has 4 saturated carbocycles. The first-order valence-corrected chi connectivity index (χ1v) is 7.25. The summed E-state index contributed by atoms with van der Waals surface area (Å²) in [4.78, 5) is 0. The maximum absolute atomic E-state index is 2.42. The monoisotopic (exact) mass is 206 g/mol. The third-order valence-electron chi connectivity index (χ3n) is 5.94. The molecule has 4 aliphatic rings. The van der Waals surface area contributed by atoms with Gasteiger partial charge in [0.1, 0.15) is 0 Å². The van der Waals surface area contributed by atoms with Gasteiger partial charge in [-0.2, -0.15) is 0 Å². The Balaban J connectivity index is 1.86. The highest BCUT2D eigenvalue weighted by Crippen LogP contribution is 2.63. The number of hydrogen-bond donors (Lipinski definition) is 0. The highest BCUT2D eigenvalue weighted by molar-refractivity contribution is 5.03. The molecule has 0 aromatic heterocycles. The van der Waals surface area contributed by atoms with Crippen molar-refractivity contribution in [2.75, 3.05) is 0 Å². The van der Waals surface area contributed by atoms with Gasteiger partial charge in [0.05, 0.1) is 0 Å². The predicted octanol–water partition coefficient (Wildman–Crippen LogP) is 4.64. The molecule has 0 heteroatoms. The van der Waals surface area contributed by atoms with Crippen LogP contribution in [0.5, 0.6) is 0 Å². The van der Waals surface area contributed by atoms with Gasteiger partial charge >= 0.3 is 0 Å². The minimum atomic E-state index is 0.818. The Morgan fingerprint density at radius 2 is 1.27 bits per heavy atom. The van der Waals surface area contributed by atoms with Gasteiger partial charge in [-0.05, 0) is 67.6 Å². The van der Waals surface area contributed by atoms with Gasteiger partial charge in [0.2, 0.25) is 0 Å². The van der Waals surface area contributed by atoms with Crippen LogP contribution < -0.4 is 0 Å². The standard InChI is InChI=1S/C15H26/c1-3-14(4-2)15-8-11-5-12(9-15)7-13(6-11)10-15/h11-14H,3-10H2,1-2H3. The summed E-state index contributed by atoms with van der Waals surface area (Å²) in [6.07, 6.45) is 12.5. The average molecular weight is 206 g/mol. The zero-order chi connectivity index (χ0) is 10.5. The van der Waals surface area contributed by atoms with Crippen LogP contribution in [0.4, 0.5) is 0 Å². The summed E-state index contributed by atoms with van der Waals surface area (Å²) in [6, 6.07) is 0. The summed E-state index contributed by atoms with van der Waals surface area (Å²) in [7, 11) is 0. The fraction of sp³-hybridized carbons (Fsp3) is 1.00. The van der Waals surface area contributed by atoms with E-state index in [-0.39, 0.29) is 0 Å². The molecular weight excluding hydrogens is 180 g/mol. The molecule has 15 heavy (non-hydrogen) atoms. The molecule has 0 aromatic rings. The second-order valence-electron chi connectivity index (χ2n) is 6.79. The molecule has 0 saturated heterocycles. The maximum atomic E-state index is 2.42. The molecule has 4 rings (SSSR count). The van der Waals surface area contributed by atoms with Crippen molar-refractivity contribution in [3.63, 3.8) is 0 Å². The molecule has 4 fully saturated rings. The summed E-state index contributed by atoms with van der Waals surface area (Å²) in [5.74, 6) is 4.46. The largest absolute Gasteiger partial charge is 0.0651 e. The van der Waals surface area contributed by atoms with Crippen LogP contribution in [0.25, 0.3) is 0 Å². The Morgan fingerprint density at radius 1 is 0.867 bits per heavy atom. The Labute approximate surface area is 94.8 Å². The van der Waals surface area contributed by atoms with Crippen molar-refractivity contribution in [3.05, 3.63) is 0 Å². The van der Waals surface area contributed by atoms with Gasteiger partial charge in [-0.15, -0.1) is 0 Å². The summed E-state index contributed by atoms with van der Waals surface area (Å²) >= 11 is 0. The van der Waals surface area contributed by atoms with Crippen molar-refractivity contribution in [2.24, 2.45) is 29.1 Å². The quantitative estimate of drug-likeness (QED) is 0.631. The van der Waals surface area contributed by atoms with E-state index in [1.54, 1.807) is 38.5 Å². The van der Waals surface area contributed by atoms with E-state index in [0.29, 0.717) is 0 Å². The molecule has 0 radical (unpaired) electrons. The number of hydrogen-bond acceptors (Lipinski definition) is 0. The van der Waals surface area contributed by atoms with Crippen LogP contribution in [0, 0.1) is 29.1 Å². The molecule has 0 unspecified atom stereocenters. The molecule has 4 bridgehead atoms. The van der Waals surface area contributed by atoms with Crippen LogP contribution in [0.2, 0.25) is 0 Å². The zero-order valence-electron chi connectivity index (χ0n) is 10.5. The van der Waals surface area contributed by atoms with Gasteiger partial charge in [0.25, 0.3) is 0 Å². The minimum absolute atomic E-state index is 0.818. The molecule has 0 nitrogen and oxygen atoms in total. The topological polar surface area (TPSA) is 0 Å². The lowest BCUT2D eigenvalue weighted by atomic mass is 9.46. The molecule has 0 heterocycles. The highest BCUT2D eigenvalue weighted by Gasteiger charge is 2.52. The fourth-order valence-corrected chi connectivity index (χ4v) is 5.83. The molecular formula is C15H26. The first-order valence-electron chi connectivity index (χ1n) is 7.25. The van der Waals surface area contributed by atoms with Crippen LogP contribution >= 0.6 is 0 Å². The van der Waals surface area contributed by atoms with Crippen LogP contribution in [0.1, 0.15) is 65.2 Å². The van der Waals surface area contributed by atoms with Gasteiger partial charge < -0.3 is 0 Å². The Kier molecular flexibility index (Phi) is 2.37. The van der Waals surface area contributed by atoms with Crippen molar-refractivity contribution >= 4 is 0 Å². The van der Waals surface area contributed by atoms with Crippen LogP contribution in [-0.4, -0.2) is 0 Å². The van der Waals surface area contributed by atoms with E-state index in [2.05, 4.69) is 13.8 Å². The molecule has 0 aromatic carbocycles. The first kappa shape index (κ1) is 10.2. The second-order valence-corrected chi connectivity index (χ2v) is 6.79. The van der Waals surface area contributed by atoms with Crippen molar-refractivity contribution in [3.8, 4) is 0 Å². The van der Waals surface area contributed by atoms with Crippen LogP contribution in [0.3, 0.4) is 0 Å². The molecule has 0 spiro atoms. The van der Waals surface area contributed by atoms with Gasteiger partial charge in [0, 0.05) is 0 Å². The summed E-state index contributed by atoms with van der Waals surface area (Å²) < 4.78 is 0. The van der Waals surface area contributed by atoms with E-state index in [9.17, 15) is 0 Å². The molecule has 0 N–H and O–H groups in total. The van der Waals surface area contributed by atoms with E-state index >= 15 is 0 Å². The van der Waals surface area contributed by atoms with E-state index in [0.717, 1.165) is 29.1 Å². The first-order chi connectivity index (χ1) is 7.25. The lowest BCUT2D eigenvalue weighted by Gasteiger charge is -2.59. The highest BCUT2D eigenvalue weighted by atomic mass is 14.6. The molecule has 0 aliphatic heterocycles. The minimum Gasteiger partial charge on any atom is -0.0651 e. The van der Waals surface area contributed by atoms with E-state index in [1.165, 1.54) is 12.8 Å². The smallest absolute Gasteiger partial charge is 0.0261 e. The summed E-state index contributed by atoms with van der Waals surface area (Å²) in [5.41, 5.74) is 0.818. The lowest BCUT2D eigenvalue weighted by Crippen LogP contribution is -2.49. The molecule has 0 atom stereocenters. The van der Waals surface area contributed by atoms with Gasteiger partial charge in [-0.1, -0.05) is 26.7 Å². The summed E-state index contributed by atoms with van der Waals surface area (Å²) in [6.45, 7) is 4.85. The Bertz CT molecular complexity index is 201. The Hall–Kier alpha value is 0. The number of rotatable bonds is 3. The van der Waals surface area contributed by atoms with Crippen molar-refractivity contribution in [1.29, 1.82) is 0 Å². The van der Waals surface area contributed by atoms with Crippen LogP contribution in [-0.2, 0) is 0 Å².